The van der Waals surface area contributed by atoms with Gasteiger partial charge >= 0.3 is 0 Å². The molecule has 0 unspecified atom stereocenters. The fourth-order valence-corrected chi connectivity index (χ4v) is 2.30. The van der Waals surface area contributed by atoms with E-state index >= 15 is 0 Å². The van der Waals surface area contributed by atoms with Gasteiger partial charge in [-0.3, -0.25) is 4.79 Å². The Balaban J connectivity index is 2.27. The summed E-state index contributed by atoms with van der Waals surface area (Å²) in [4.78, 5) is 12.0. The van der Waals surface area contributed by atoms with E-state index < -0.39 is 0 Å². The lowest BCUT2D eigenvalue weighted by Crippen LogP contribution is -2.27. The molecule has 0 bridgehead atoms. The summed E-state index contributed by atoms with van der Waals surface area (Å²) in [5, 5.41) is 5.12. The van der Waals surface area contributed by atoms with Crippen molar-refractivity contribution in [1.29, 1.82) is 0 Å². The quantitative estimate of drug-likeness (QED) is 0.913. The van der Waals surface area contributed by atoms with Crippen LogP contribution in [-0.2, 0) is 0 Å². The number of benzene rings is 2. The first-order valence-corrected chi connectivity index (χ1v) is 6.83. The summed E-state index contributed by atoms with van der Waals surface area (Å²) < 4.78 is 1.05. The van der Waals surface area contributed by atoms with Crippen molar-refractivity contribution in [2.24, 2.45) is 5.92 Å². The summed E-state index contributed by atoms with van der Waals surface area (Å²) >= 11 is 3.51. The molecule has 94 valence electrons. The minimum atomic E-state index is -0.00873. The Morgan fingerprint density at radius 1 is 1.28 bits per heavy atom. The number of halogens is 1. The molecule has 0 aliphatic heterocycles. The van der Waals surface area contributed by atoms with Crippen LogP contribution in [0.2, 0.25) is 0 Å². The molecular formula is C15H16BrNO. The monoisotopic (exact) mass is 305 g/mol. The van der Waals surface area contributed by atoms with Crippen molar-refractivity contribution in [2.45, 2.75) is 13.8 Å². The molecule has 1 N–H and O–H groups in total. The zero-order valence-corrected chi connectivity index (χ0v) is 12.1. The van der Waals surface area contributed by atoms with E-state index in [1.807, 2.05) is 36.4 Å². The molecule has 2 aromatic carbocycles. The Bertz CT molecular complexity index is 578. The van der Waals surface area contributed by atoms with Crippen LogP contribution in [0.1, 0.15) is 24.2 Å². The predicted molar refractivity (Wildman–Crippen MR) is 78.8 cm³/mol. The van der Waals surface area contributed by atoms with Crippen molar-refractivity contribution >= 4 is 32.6 Å². The third-order valence-electron chi connectivity index (χ3n) is 2.76. The van der Waals surface area contributed by atoms with E-state index in [9.17, 15) is 4.79 Å². The van der Waals surface area contributed by atoms with E-state index in [1.54, 1.807) is 0 Å². The Morgan fingerprint density at radius 2 is 2.06 bits per heavy atom. The Hall–Kier alpha value is -1.35. The van der Waals surface area contributed by atoms with Crippen molar-refractivity contribution < 1.29 is 4.79 Å². The molecule has 0 fully saturated rings. The number of hydrogen-bond acceptors (Lipinski definition) is 1. The van der Waals surface area contributed by atoms with Gasteiger partial charge in [0.05, 0.1) is 0 Å². The summed E-state index contributed by atoms with van der Waals surface area (Å²) in [6.07, 6.45) is 0. The van der Waals surface area contributed by atoms with Crippen molar-refractivity contribution in [3.63, 3.8) is 0 Å². The largest absolute Gasteiger partial charge is 0.352 e. The van der Waals surface area contributed by atoms with Crippen LogP contribution in [0.5, 0.6) is 0 Å². The third-order valence-corrected chi connectivity index (χ3v) is 3.45. The zero-order valence-electron chi connectivity index (χ0n) is 10.5. The van der Waals surface area contributed by atoms with Gasteiger partial charge in [-0.2, -0.15) is 0 Å². The van der Waals surface area contributed by atoms with Crippen LogP contribution < -0.4 is 5.32 Å². The Morgan fingerprint density at radius 3 is 2.78 bits per heavy atom. The maximum Gasteiger partial charge on any atom is 0.251 e. The molecule has 0 atom stereocenters. The third kappa shape index (κ3) is 2.91. The van der Waals surface area contributed by atoms with Gasteiger partial charge in [0.25, 0.3) is 5.91 Å². The second kappa shape index (κ2) is 5.53. The number of carbonyl (C=O) groups excluding carboxylic acids is 1. The Labute approximate surface area is 116 Å². The normalized spacial score (nSPS) is 10.9. The van der Waals surface area contributed by atoms with Crippen LogP contribution in [0, 0.1) is 5.92 Å². The van der Waals surface area contributed by atoms with Crippen LogP contribution in [0.25, 0.3) is 10.8 Å². The number of hydrogen-bond donors (Lipinski definition) is 1. The van der Waals surface area contributed by atoms with E-state index in [0.29, 0.717) is 18.0 Å². The molecule has 3 heteroatoms. The molecule has 2 nitrogen and oxygen atoms in total. The van der Waals surface area contributed by atoms with E-state index in [0.717, 1.165) is 15.2 Å². The van der Waals surface area contributed by atoms with Gasteiger partial charge in [-0.25, -0.2) is 0 Å². The van der Waals surface area contributed by atoms with Crippen LogP contribution in [0.3, 0.4) is 0 Å². The molecule has 0 aliphatic rings. The van der Waals surface area contributed by atoms with E-state index in [-0.39, 0.29) is 5.91 Å². The molecule has 2 aromatic rings. The highest BCUT2D eigenvalue weighted by atomic mass is 79.9. The van der Waals surface area contributed by atoms with Crippen molar-refractivity contribution in [3.8, 4) is 0 Å². The highest BCUT2D eigenvalue weighted by Gasteiger charge is 2.07. The molecule has 0 radical (unpaired) electrons. The van der Waals surface area contributed by atoms with E-state index in [2.05, 4.69) is 35.1 Å². The molecule has 1 amide bonds. The smallest absolute Gasteiger partial charge is 0.251 e. The van der Waals surface area contributed by atoms with Gasteiger partial charge < -0.3 is 5.32 Å². The molecule has 0 aliphatic carbocycles. The fraction of sp³-hybridized carbons (Fsp3) is 0.267. The maximum absolute atomic E-state index is 12.0. The number of nitrogens with one attached hydrogen (secondary N) is 1. The van der Waals surface area contributed by atoms with Crippen molar-refractivity contribution in [3.05, 3.63) is 46.4 Å². The van der Waals surface area contributed by atoms with Crippen LogP contribution in [0.15, 0.2) is 40.9 Å². The second-order valence-corrected chi connectivity index (χ2v) is 5.63. The molecule has 0 heterocycles. The molecule has 2 rings (SSSR count). The molecule has 0 saturated heterocycles. The summed E-state index contributed by atoms with van der Waals surface area (Å²) in [7, 11) is 0. The van der Waals surface area contributed by atoms with Crippen LogP contribution >= 0.6 is 15.9 Å². The molecule has 0 spiro atoms. The average molecular weight is 306 g/mol. The van der Waals surface area contributed by atoms with Gasteiger partial charge in [-0.1, -0.05) is 48.0 Å². The molecular weight excluding hydrogens is 290 g/mol. The first-order chi connectivity index (χ1) is 8.58. The van der Waals surface area contributed by atoms with Gasteiger partial charge in [0.1, 0.15) is 0 Å². The minimum Gasteiger partial charge on any atom is -0.352 e. The lowest BCUT2D eigenvalue weighted by molar-refractivity contribution is 0.0949. The van der Waals surface area contributed by atoms with Gasteiger partial charge in [-0.15, -0.1) is 0 Å². The van der Waals surface area contributed by atoms with Gasteiger partial charge in [-0.05, 0) is 34.9 Å². The lowest BCUT2D eigenvalue weighted by atomic mass is 10.1. The highest BCUT2D eigenvalue weighted by Crippen LogP contribution is 2.24. The molecule has 0 aromatic heterocycles. The fourth-order valence-electron chi connectivity index (χ4n) is 1.78. The average Bonchev–Trinajstić information content (AvgIpc) is 2.35. The zero-order chi connectivity index (χ0) is 13.1. The Kier molecular flexibility index (Phi) is 4.02. The van der Waals surface area contributed by atoms with Crippen molar-refractivity contribution in [2.75, 3.05) is 6.54 Å². The van der Waals surface area contributed by atoms with Gasteiger partial charge in [0, 0.05) is 16.6 Å². The van der Waals surface area contributed by atoms with Gasteiger partial charge in [0.15, 0.2) is 0 Å². The number of amides is 1. The number of carbonyl (C=O) groups is 1. The standard InChI is InChI=1S/C15H16BrNO/c1-10(2)9-17-15(18)12-6-7-13-11(8-12)4-3-5-14(13)16/h3-8,10H,9H2,1-2H3,(H,17,18). The SMILES string of the molecule is CC(C)CNC(=O)c1ccc2c(Br)cccc2c1. The van der Waals surface area contributed by atoms with E-state index in [4.69, 9.17) is 0 Å². The first kappa shape index (κ1) is 13.1. The van der Waals surface area contributed by atoms with Crippen LogP contribution in [0.4, 0.5) is 0 Å². The summed E-state index contributed by atoms with van der Waals surface area (Å²) in [5.41, 5.74) is 0.709. The highest BCUT2D eigenvalue weighted by molar-refractivity contribution is 9.10. The summed E-state index contributed by atoms with van der Waals surface area (Å²) in [6, 6.07) is 11.8. The number of rotatable bonds is 3. The maximum atomic E-state index is 12.0. The predicted octanol–water partition coefficient (Wildman–Crippen LogP) is 3.99. The molecule has 18 heavy (non-hydrogen) atoms. The second-order valence-electron chi connectivity index (χ2n) is 4.78. The topological polar surface area (TPSA) is 29.1 Å². The van der Waals surface area contributed by atoms with E-state index in [1.165, 1.54) is 0 Å². The molecule has 0 saturated carbocycles. The lowest BCUT2D eigenvalue weighted by Gasteiger charge is -2.08. The first-order valence-electron chi connectivity index (χ1n) is 6.04. The minimum absolute atomic E-state index is 0.00873. The summed E-state index contributed by atoms with van der Waals surface area (Å²) in [5.74, 6) is 0.453. The number of fused-ring (bicyclic) bond motifs is 1. The van der Waals surface area contributed by atoms with Crippen LogP contribution in [-0.4, -0.2) is 12.5 Å². The summed E-state index contributed by atoms with van der Waals surface area (Å²) in [6.45, 7) is 4.87. The van der Waals surface area contributed by atoms with Gasteiger partial charge in [0.2, 0.25) is 0 Å². The van der Waals surface area contributed by atoms with Crippen molar-refractivity contribution in [1.82, 2.24) is 5.32 Å².